The van der Waals surface area contributed by atoms with Gasteiger partial charge in [0.05, 0.1) is 7.11 Å². The van der Waals surface area contributed by atoms with Gasteiger partial charge in [-0.1, -0.05) is 29.8 Å². The number of hydrogen-bond donors (Lipinski definition) is 1. The zero-order valence-electron chi connectivity index (χ0n) is 11.7. The Hall–Kier alpha value is -1.55. The molecular weight excluding hydrogens is 302 g/mol. The quantitative estimate of drug-likeness (QED) is 0.749. The van der Waals surface area contributed by atoms with Gasteiger partial charge in [0, 0.05) is 20.6 Å². The van der Waals surface area contributed by atoms with Crippen molar-refractivity contribution < 1.29 is 4.74 Å². The summed E-state index contributed by atoms with van der Waals surface area (Å²) in [4.78, 5) is 1.18. The molecule has 3 aromatic rings. The Balaban J connectivity index is 1.89. The maximum Gasteiger partial charge on any atom is 0.122 e. The largest absolute Gasteiger partial charge is 0.496 e. The summed E-state index contributed by atoms with van der Waals surface area (Å²) in [6.45, 7) is 0. The minimum absolute atomic E-state index is 0.0604. The third-order valence-corrected chi connectivity index (χ3v) is 4.98. The van der Waals surface area contributed by atoms with Crippen LogP contribution in [0.5, 0.6) is 5.75 Å². The summed E-state index contributed by atoms with van der Waals surface area (Å²) in [5, 5.41) is 1.94. The average Bonchev–Trinajstić information content (AvgIpc) is 2.91. The summed E-state index contributed by atoms with van der Waals surface area (Å²) in [7, 11) is 1.66. The first-order valence-corrected chi connectivity index (χ1v) is 7.93. The van der Waals surface area contributed by atoms with E-state index in [0.29, 0.717) is 11.4 Å². The number of benzene rings is 2. The fourth-order valence-electron chi connectivity index (χ4n) is 2.43. The lowest BCUT2D eigenvalue weighted by Crippen LogP contribution is -2.12. The Morgan fingerprint density at radius 2 is 2.00 bits per heavy atom. The molecule has 2 aromatic carbocycles. The molecule has 2 nitrogen and oxygen atoms in total. The van der Waals surface area contributed by atoms with Gasteiger partial charge in [-0.3, -0.25) is 0 Å². The Bertz CT molecular complexity index is 735. The molecule has 4 heteroatoms. The van der Waals surface area contributed by atoms with Crippen molar-refractivity contribution in [3.8, 4) is 5.75 Å². The van der Waals surface area contributed by atoms with E-state index < -0.39 is 0 Å². The molecular formula is C17H16ClNOS. The van der Waals surface area contributed by atoms with Gasteiger partial charge in [0.25, 0.3) is 0 Å². The predicted octanol–water partition coefficient (Wildman–Crippen LogP) is 4.81. The maximum absolute atomic E-state index is 6.38. The Labute approximate surface area is 133 Å². The van der Waals surface area contributed by atoms with Crippen molar-refractivity contribution in [1.82, 2.24) is 0 Å². The Morgan fingerprint density at radius 3 is 2.76 bits per heavy atom. The van der Waals surface area contributed by atoms with Gasteiger partial charge in [-0.25, -0.2) is 0 Å². The van der Waals surface area contributed by atoms with Gasteiger partial charge in [0.2, 0.25) is 0 Å². The minimum Gasteiger partial charge on any atom is -0.496 e. The van der Waals surface area contributed by atoms with Crippen LogP contribution in [0.3, 0.4) is 0 Å². The van der Waals surface area contributed by atoms with E-state index in [9.17, 15) is 0 Å². The second-order valence-corrected chi connectivity index (χ2v) is 6.51. The van der Waals surface area contributed by atoms with E-state index in [1.807, 2.05) is 30.3 Å². The van der Waals surface area contributed by atoms with Crippen LogP contribution in [0.2, 0.25) is 5.02 Å². The third kappa shape index (κ3) is 3.05. The normalized spacial score (nSPS) is 12.5. The number of methoxy groups -OCH3 is 1. The van der Waals surface area contributed by atoms with E-state index in [1.165, 1.54) is 15.0 Å². The molecule has 1 atom stereocenters. The lowest BCUT2D eigenvalue weighted by molar-refractivity contribution is 0.408. The molecule has 2 N–H and O–H groups in total. The van der Waals surface area contributed by atoms with Crippen LogP contribution in [0.4, 0.5) is 0 Å². The van der Waals surface area contributed by atoms with Gasteiger partial charge in [-0.05, 0) is 47.7 Å². The zero-order valence-corrected chi connectivity index (χ0v) is 13.2. The van der Waals surface area contributed by atoms with E-state index in [2.05, 4.69) is 18.2 Å². The first-order chi connectivity index (χ1) is 10.2. The van der Waals surface area contributed by atoms with Crippen molar-refractivity contribution in [3.63, 3.8) is 0 Å². The molecule has 1 heterocycles. The molecule has 3 rings (SSSR count). The number of halogens is 1. The molecule has 21 heavy (non-hydrogen) atoms. The second-order valence-electron chi connectivity index (χ2n) is 4.95. The van der Waals surface area contributed by atoms with Crippen LogP contribution >= 0.6 is 22.9 Å². The standard InChI is InChI=1S/C17H16ClNOS/c1-20-15-7-6-13(18)8-12(15)9-14(19)17-10-11-4-2-3-5-16(11)21-17/h2-8,10,14H,9,19H2,1H3. The van der Waals surface area contributed by atoms with Gasteiger partial charge in [0.1, 0.15) is 5.75 Å². The highest BCUT2D eigenvalue weighted by Gasteiger charge is 2.14. The third-order valence-electron chi connectivity index (χ3n) is 3.49. The minimum atomic E-state index is -0.0604. The number of thiophene rings is 1. The fourth-order valence-corrected chi connectivity index (χ4v) is 3.69. The van der Waals surface area contributed by atoms with E-state index in [-0.39, 0.29) is 6.04 Å². The summed E-state index contributed by atoms with van der Waals surface area (Å²) < 4.78 is 6.65. The molecule has 0 amide bonds. The highest BCUT2D eigenvalue weighted by Crippen LogP contribution is 2.32. The van der Waals surface area contributed by atoms with Crippen LogP contribution in [-0.2, 0) is 6.42 Å². The smallest absolute Gasteiger partial charge is 0.122 e. The Kier molecular flexibility index (Phi) is 4.15. The monoisotopic (exact) mass is 317 g/mol. The number of hydrogen-bond acceptors (Lipinski definition) is 3. The van der Waals surface area contributed by atoms with Crippen LogP contribution in [0.15, 0.2) is 48.5 Å². The molecule has 0 fully saturated rings. The van der Waals surface area contributed by atoms with E-state index in [0.717, 1.165) is 11.3 Å². The highest BCUT2D eigenvalue weighted by atomic mass is 35.5. The van der Waals surface area contributed by atoms with Crippen molar-refractivity contribution in [3.05, 3.63) is 64.0 Å². The van der Waals surface area contributed by atoms with Crippen molar-refractivity contribution in [2.75, 3.05) is 7.11 Å². The summed E-state index contributed by atoms with van der Waals surface area (Å²) in [6, 6.07) is 16.1. The van der Waals surface area contributed by atoms with Gasteiger partial charge in [-0.2, -0.15) is 0 Å². The molecule has 1 unspecified atom stereocenters. The molecule has 108 valence electrons. The van der Waals surface area contributed by atoms with E-state index >= 15 is 0 Å². The van der Waals surface area contributed by atoms with Gasteiger partial charge in [0.15, 0.2) is 0 Å². The lowest BCUT2D eigenvalue weighted by Gasteiger charge is -2.13. The summed E-state index contributed by atoms with van der Waals surface area (Å²) in [6.07, 6.45) is 0.705. The van der Waals surface area contributed by atoms with Crippen LogP contribution in [0.25, 0.3) is 10.1 Å². The summed E-state index contributed by atoms with van der Waals surface area (Å²) in [5.41, 5.74) is 7.41. The van der Waals surface area contributed by atoms with Crippen molar-refractivity contribution in [2.24, 2.45) is 5.73 Å². The van der Waals surface area contributed by atoms with Gasteiger partial charge in [-0.15, -0.1) is 11.3 Å². The van der Waals surface area contributed by atoms with Gasteiger partial charge < -0.3 is 10.5 Å². The number of ether oxygens (including phenoxy) is 1. The predicted molar refractivity (Wildman–Crippen MR) is 90.5 cm³/mol. The fraction of sp³-hybridized carbons (Fsp3) is 0.176. The topological polar surface area (TPSA) is 35.2 Å². The average molecular weight is 318 g/mol. The van der Waals surface area contributed by atoms with Crippen LogP contribution in [-0.4, -0.2) is 7.11 Å². The first-order valence-electron chi connectivity index (χ1n) is 6.74. The number of rotatable bonds is 4. The van der Waals surface area contributed by atoms with E-state index in [4.69, 9.17) is 22.1 Å². The molecule has 0 radical (unpaired) electrons. The molecule has 0 saturated carbocycles. The summed E-state index contributed by atoms with van der Waals surface area (Å²) in [5.74, 6) is 0.830. The van der Waals surface area contributed by atoms with Crippen molar-refractivity contribution in [1.29, 1.82) is 0 Å². The van der Waals surface area contributed by atoms with Crippen LogP contribution in [0.1, 0.15) is 16.5 Å². The molecule has 0 aliphatic heterocycles. The SMILES string of the molecule is COc1ccc(Cl)cc1CC(N)c1cc2ccccc2s1. The van der Waals surface area contributed by atoms with E-state index in [1.54, 1.807) is 18.4 Å². The van der Waals surface area contributed by atoms with Gasteiger partial charge >= 0.3 is 0 Å². The number of nitrogens with two attached hydrogens (primary N) is 1. The lowest BCUT2D eigenvalue weighted by atomic mass is 10.0. The molecule has 0 bridgehead atoms. The second kappa shape index (κ2) is 6.06. The Morgan fingerprint density at radius 1 is 1.19 bits per heavy atom. The zero-order chi connectivity index (χ0) is 14.8. The molecule has 0 aliphatic carbocycles. The molecule has 0 aliphatic rings. The number of fused-ring (bicyclic) bond motifs is 1. The van der Waals surface area contributed by atoms with Crippen molar-refractivity contribution >= 4 is 33.0 Å². The molecule has 0 spiro atoms. The van der Waals surface area contributed by atoms with Crippen LogP contribution < -0.4 is 10.5 Å². The first kappa shape index (κ1) is 14.4. The van der Waals surface area contributed by atoms with Crippen LogP contribution in [0, 0.1) is 0 Å². The van der Waals surface area contributed by atoms with Crippen molar-refractivity contribution in [2.45, 2.75) is 12.5 Å². The molecule has 0 saturated heterocycles. The summed E-state index contributed by atoms with van der Waals surface area (Å²) >= 11 is 7.82. The maximum atomic E-state index is 6.38. The highest BCUT2D eigenvalue weighted by molar-refractivity contribution is 7.19. The molecule has 1 aromatic heterocycles.